The lowest BCUT2D eigenvalue weighted by Crippen LogP contribution is -2.39. The summed E-state index contributed by atoms with van der Waals surface area (Å²) in [5, 5.41) is 0.546. The quantitative estimate of drug-likeness (QED) is 0.945. The summed E-state index contributed by atoms with van der Waals surface area (Å²) in [4.78, 5) is 14.6. The molecule has 110 valence electrons. The first-order valence-corrected chi connectivity index (χ1v) is 6.93. The first kappa shape index (κ1) is 16.9. The van der Waals surface area contributed by atoms with Crippen molar-refractivity contribution >= 4 is 39.7 Å². The zero-order valence-corrected chi connectivity index (χ0v) is 13.3. The van der Waals surface area contributed by atoms with Gasteiger partial charge >= 0.3 is 0 Å². The zero-order valence-electron chi connectivity index (χ0n) is 11.6. The molecule has 6 heteroatoms. The van der Waals surface area contributed by atoms with Crippen molar-refractivity contribution in [3.63, 3.8) is 0 Å². The van der Waals surface area contributed by atoms with Crippen LogP contribution in [0, 0.1) is 12.7 Å². The standard InChI is InChI=1S/C14H17FN2OS.ClH/c1-8(7-16)17(3)14(18)13-9(2)12-10(15)5-4-6-11(12)19-13;/h4-6,8H,7,16H2,1-3H3;1H. The van der Waals surface area contributed by atoms with Gasteiger partial charge in [0.2, 0.25) is 0 Å². The van der Waals surface area contributed by atoms with Gasteiger partial charge in [0.15, 0.2) is 0 Å². The van der Waals surface area contributed by atoms with E-state index in [1.807, 2.05) is 13.0 Å². The number of hydrogen-bond acceptors (Lipinski definition) is 3. The van der Waals surface area contributed by atoms with Crippen molar-refractivity contribution in [1.82, 2.24) is 4.90 Å². The van der Waals surface area contributed by atoms with Gasteiger partial charge in [-0.15, -0.1) is 23.7 Å². The normalized spacial score (nSPS) is 12.1. The van der Waals surface area contributed by atoms with Crippen molar-refractivity contribution in [2.24, 2.45) is 5.73 Å². The maximum absolute atomic E-state index is 13.8. The van der Waals surface area contributed by atoms with Crippen LogP contribution in [0.1, 0.15) is 22.2 Å². The first-order chi connectivity index (χ1) is 8.97. The smallest absolute Gasteiger partial charge is 0.264 e. The van der Waals surface area contributed by atoms with E-state index in [4.69, 9.17) is 5.73 Å². The molecule has 0 aliphatic carbocycles. The highest BCUT2D eigenvalue weighted by Gasteiger charge is 2.22. The molecule has 3 nitrogen and oxygen atoms in total. The van der Waals surface area contributed by atoms with Crippen molar-refractivity contribution in [3.8, 4) is 0 Å². The molecular formula is C14H18ClFN2OS. The Kier molecular flexibility index (Phi) is 5.50. The van der Waals surface area contributed by atoms with Crippen LogP contribution in [-0.4, -0.2) is 30.4 Å². The molecule has 0 saturated carbocycles. The lowest BCUT2D eigenvalue weighted by atomic mass is 10.1. The van der Waals surface area contributed by atoms with Crippen molar-refractivity contribution in [3.05, 3.63) is 34.5 Å². The van der Waals surface area contributed by atoms with Crippen molar-refractivity contribution < 1.29 is 9.18 Å². The first-order valence-electron chi connectivity index (χ1n) is 6.12. The van der Waals surface area contributed by atoms with E-state index in [-0.39, 0.29) is 30.2 Å². The zero-order chi connectivity index (χ0) is 14.2. The molecule has 0 aliphatic rings. The second kappa shape index (κ2) is 6.52. The van der Waals surface area contributed by atoms with Crippen LogP contribution in [0.5, 0.6) is 0 Å². The summed E-state index contributed by atoms with van der Waals surface area (Å²) >= 11 is 1.33. The van der Waals surface area contributed by atoms with Crippen LogP contribution in [-0.2, 0) is 0 Å². The van der Waals surface area contributed by atoms with Gasteiger partial charge in [-0.1, -0.05) is 6.07 Å². The molecule has 1 aromatic carbocycles. The minimum atomic E-state index is -0.278. The van der Waals surface area contributed by atoms with Gasteiger partial charge in [0.05, 0.1) is 4.88 Å². The number of fused-ring (bicyclic) bond motifs is 1. The number of halogens is 2. The number of thiophene rings is 1. The van der Waals surface area contributed by atoms with Crippen LogP contribution in [0.15, 0.2) is 18.2 Å². The lowest BCUT2D eigenvalue weighted by Gasteiger charge is -2.23. The minimum absolute atomic E-state index is 0. The van der Waals surface area contributed by atoms with E-state index >= 15 is 0 Å². The number of carbonyl (C=O) groups is 1. The monoisotopic (exact) mass is 316 g/mol. The van der Waals surface area contributed by atoms with Gasteiger partial charge in [0.1, 0.15) is 5.82 Å². The van der Waals surface area contributed by atoms with Gasteiger partial charge < -0.3 is 10.6 Å². The molecule has 2 rings (SSSR count). The number of aryl methyl sites for hydroxylation is 1. The van der Waals surface area contributed by atoms with E-state index in [0.29, 0.717) is 22.4 Å². The number of hydrogen-bond donors (Lipinski definition) is 1. The van der Waals surface area contributed by atoms with Gasteiger partial charge in [-0.05, 0) is 31.5 Å². The molecule has 20 heavy (non-hydrogen) atoms. The summed E-state index contributed by atoms with van der Waals surface area (Å²) in [5.74, 6) is -0.379. The molecule has 2 N–H and O–H groups in total. The van der Waals surface area contributed by atoms with Crippen LogP contribution >= 0.6 is 23.7 Å². The number of amides is 1. The number of carbonyl (C=O) groups excluding carboxylic acids is 1. The average molecular weight is 317 g/mol. The van der Waals surface area contributed by atoms with Crippen molar-refractivity contribution in [2.75, 3.05) is 13.6 Å². The Bertz CT molecular complexity index is 629. The van der Waals surface area contributed by atoms with Gasteiger partial charge in [0, 0.05) is 29.7 Å². The molecule has 1 atom stereocenters. The van der Waals surface area contributed by atoms with Crippen LogP contribution in [0.2, 0.25) is 0 Å². The SMILES string of the molecule is Cc1c(C(=O)N(C)C(C)CN)sc2cccc(F)c12.Cl. The summed E-state index contributed by atoms with van der Waals surface area (Å²) in [6, 6.07) is 4.87. The average Bonchev–Trinajstić information content (AvgIpc) is 2.74. The summed E-state index contributed by atoms with van der Waals surface area (Å²) in [6.45, 7) is 4.08. The Balaban J connectivity index is 0.00000200. The van der Waals surface area contributed by atoms with Crippen LogP contribution < -0.4 is 5.73 Å². The molecule has 1 unspecified atom stereocenters. The summed E-state index contributed by atoms with van der Waals surface area (Å²) < 4.78 is 14.6. The number of nitrogens with two attached hydrogens (primary N) is 1. The molecule has 2 aromatic rings. The fraction of sp³-hybridized carbons (Fsp3) is 0.357. The van der Waals surface area contributed by atoms with Gasteiger partial charge in [-0.25, -0.2) is 4.39 Å². The van der Waals surface area contributed by atoms with Gasteiger partial charge in [-0.3, -0.25) is 4.79 Å². The molecule has 0 saturated heterocycles. The molecule has 0 spiro atoms. The highest BCUT2D eigenvalue weighted by atomic mass is 35.5. The van der Waals surface area contributed by atoms with Crippen LogP contribution in [0.4, 0.5) is 4.39 Å². The van der Waals surface area contributed by atoms with E-state index in [1.54, 1.807) is 24.9 Å². The summed E-state index contributed by atoms with van der Waals surface area (Å²) in [7, 11) is 1.72. The fourth-order valence-corrected chi connectivity index (χ4v) is 3.18. The van der Waals surface area contributed by atoms with Crippen LogP contribution in [0.3, 0.4) is 0 Å². The predicted octanol–water partition coefficient (Wildman–Crippen LogP) is 3.19. The number of nitrogens with zero attached hydrogens (tertiary/aromatic N) is 1. The summed E-state index contributed by atoms with van der Waals surface area (Å²) in [5.41, 5.74) is 6.28. The molecule has 1 amide bonds. The van der Waals surface area contributed by atoms with E-state index in [0.717, 1.165) is 4.70 Å². The molecule has 1 heterocycles. The maximum atomic E-state index is 13.8. The molecule has 0 radical (unpaired) electrons. The number of benzene rings is 1. The van der Waals surface area contributed by atoms with E-state index in [2.05, 4.69) is 0 Å². The largest absolute Gasteiger partial charge is 0.337 e. The topological polar surface area (TPSA) is 46.3 Å². The molecule has 0 aliphatic heterocycles. The molecular weight excluding hydrogens is 299 g/mol. The van der Waals surface area contributed by atoms with Gasteiger partial charge in [0.25, 0.3) is 5.91 Å². The Morgan fingerprint density at radius 3 is 2.70 bits per heavy atom. The fourth-order valence-electron chi connectivity index (χ4n) is 1.98. The second-order valence-electron chi connectivity index (χ2n) is 4.67. The highest BCUT2D eigenvalue weighted by molar-refractivity contribution is 7.21. The van der Waals surface area contributed by atoms with E-state index in [9.17, 15) is 9.18 Å². The maximum Gasteiger partial charge on any atom is 0.264 e. The molecule has 1 aromatic heterocycles. The molecule has 0 bridgehead atoms. The number of rotatable bonds is 3. The second-order valence-corrected chi connectivity index (χ2v) is 5.72. The van der Waals surface area contributed by atoms with Crippen LogP contribution in [0.25, 0.3) is 10.1 Å². The highest BCUT2D eigenvalue weighted by Crippen LogP contribution is 2.33. The third kappa shape index (κ3) is 2.80. The Hall–Kier alpha value is -1.17. The minimum Gasteiger partial charge on any atom is -0.337 e. The van der Waals surface area contributed by atoms with E-state index in [1.165, 1.54) is 17.4 Å². The Morgan fingerprint density at radius 1 is 1.50 bits per heavy atom. The number of likely N-dealkylation sites (N-methyl/N-ethyl adjacent to an activating group) is 1. The summed E-state index contributed by atoms with van der Waals surface area (Å²) in [6.07, 6.45) is 0. The predicted molar refractivity (Wildman–Crippen MR) is 84.4 cm³/mol. The third-order valence-corrected chi connectivity index (χ3v) is 4.66. The van der Waals surface area contributed by atoms with Gasteiger partial charge in [-0.2, -0.15) is 0 Å². The molecule has 0 fully saturated rings. The Labute approximate surface area is 128 Å². The van der Waals surface area contributed by atoms with Crippen molar-refractivity contribution in [1.29, 1.82) is 0 Å². The van der Waals surface area contributed by atoms with E-state index < -0.39 is 0 Å². The van der Waals surface area contributed by atoms with Crippen molar-refractivity contribution in [2.45, 2.75) is 19.9 Å². The lowest BCUT2D eigenvalue weighted by molar-refractivity contribution is 0.0752. The Morgan fingerprint density at radius 2 is 2.15 bits per heavy atom. The third-order valence-electron chi connectivity index (χ3n) is 3.42.